The lowest BCUT2D eigenvalue weighted by molar-refractivity contribution is 0.199. The lowest BCUT2D eigenvalue weighted by Crippen LogP contribution is -2.21. The van der Waals surface area contributed by atoms with E-state index in [4.69, 9.17) is 9.72 Å². The molecule has 0 aliphatic carbocycles. The van der Waals surface area contributed by atoms with Crippen LogP contribution in [-0.4, -0.2) is 29.8 Å². The molecule has 104 valence electrons. The fourth-order valence-electron chi connectivity index (χ4n) is 2.27. The maximum Gasteiger partial charge on any atom is 0.123 e. The molecule has 1 N–H and O–H groups in total. The molecule has 19 heavy (non-hydrogen) atoms. The molecule has 1 heterocycles. The SMILES string of the molecule is CCCn1c(CNCCOC)nc2cc(C)ccc21. The summed E-state index contributed by atoms with van der Waals surface area (Å²) in [6.45, 7) is 7.69. The van der Waals surface area contributed by atoms with E-state index in [0.29, 0.717) is 0 Å². The minimum atomic E-state index is 0.729. The molecule has 0 aliphatic rings. The van der Waals surface area contributed by atoms with Gasteiger partial charge in [0.1, 0.15) is 5.82 Å². The molecule has 2 rings (SSSR count). The zero-order valence-electron chi connectivity index (χ0n) is 12.1. The highest BCUT2D eigenvalue weighted by molar-refractivity contribution is 5.76. The van der Waals surface area contributed by atoms with Gasteiger partial charge in [-0.1, -0.05) is 13.0 Å². The Morgan fingerprint density at radius 2 is 2.21 bits per heavy atom. The Morgan fingerprint density at radius 3 is 2.95 bits per heavy atom. The Bertz CT molecular complexity index is 533. The molecule has 0 radical (unpaired) electrons. The van der Waals surface area contributed by atoms with Crippen molar-refractivity contribution in [2.75, 3.05) is 20.3 Å². The van der Waals surface area contributed by atoms with Crippen molar-refractivity contribution in [3.8, 4) is 0 Å². The second-order valence-corrected chi connectivity index (χ2v) is 4.84. The predicted molar refractivity (Wildman–Crippen MR) is 78.3 cm³/mol. The molecule has 4 heteroatoms. The molecule has 0 bridgehead atoms. The highest BCUT2D eigenvalue weighted by Crippen LogP contribution is 2.18. The Kier molecular flexibility index (Phi) is 4.93. The van der Waals surface area contributed by atoms with Crippen molar-refractivity contribution >= 4 is 11.0 Å². The van der Waals surface area contributed by atoms with Gasteiger partial charge >= 0.3 is 0 Å². The molecule has 0 aliphatic heterocycles. The van der Waals surface area contributed by atoms with Crippen LogP contribution in [0.5, 0.6) is 0 Å². The summed E-state index contributed by atoms with van der Waals surface area (Å²) in [7, 11) is 1.72. The zero-order valence-corrected chi connectivity index (χ0v) is 12.1. The zero-order chi connectivity index (χ0) is 13.7. The van der Waals surface area contributed by atoms with Crippen LogP contribution >= 0.6 is 0 Å². The first kappa shape index (κ1) is 14.0. The Morgan fingerprint density at radius 1 is 1.37 bits per heavy atom. The van der Waals surface area contributed by atoms with Gasteiger partial charge in [0.25, 0.3) is 0 Å². The third-order valence-corrected chi connectivity index (χ3v) is 3.20. The fourth-order valence-corrected chi connectivity index (χ4v) is 2.27. The lowest BCUT2D eigenvalue weighted by atomic mass is 10.2. The standard InChI is InChI=1S/C15H23N3O/c1-4-8-18-14-6-5-12(2)10-13(14)17-15(18)11-16-7-9-19-3/h5-6,10,16H,4,7-9,11H2,1-3H3. The summed E-state index contributed by atoms with van der Waals surface area (Å²) < 4.78 is 7.36. The summed E-state index contributed by atoms with van der Waals surface area (Å²) in [5.74, 6) is 1.11. The fraction of sp³-hybridized carbons (Fsp3) is 0.533. The quantitative estimate of drug-likeness (QED) is 0.778. The average molecular weight is 261 g/mol. The van der Waals surface area contributed by atoms with Gasteiger partial charge in [0.2, 0.25) is 0 Å². The average Bonchev–Trinajstić information content (AvgIpc) is 2.73. The smallest absolute Gasteiger partial charge is 0.123 e. The third kappa shape index (κ3) is 3.33. The van der Waals surface area contributed by atoms with E-state index in [1.165, 1.54) is 11.1 Å². The number of aryl methyl sites for hydroxylation is 2. The number of hydrogen-bond acceptors (Lipinski definition) is 3. The molecule has 1 aromatic carbocycles. The molecular formula is C15H23N3O. The van der Waals surface area contributed by atoms with Crippen molar-refractivity contribution in [1.82, 2.24) is 14.9 Å². The van der Waals surface area contributed by atoms with Crippen molar-refractivity contribution in [1.29, 1.82) is 0 Å². The number of benzene rings is 1. The molecule has 0 atom stereocenters. The maximum atomic E-state index is 5.04. The number of methoxy groups -OCH3 is 1. The van der Waals surface area contributed by atoms with Gasteiger partial charge in [0.05, 0.1) is 24.2 Å². The number of ether oxygens (including phenoxy) is 1. The van der Waals surface area contributed by atoms with Crippen LogP contribution in [-0.2, 0) is 17.8 Å². The minimum absolute atomic E-state index is 0.729. The molecule has 0 saturated heterocycles. The van der Waals surface area contributed by atoms with E-state index in [1.807, 2.05) is 0 Å². The van der Waals surface area contributed by atoms with Crippen LogP contribution in [0.25, 0.3) is 11.0 Å². The van der Waals surface area contributed by atoms with Gasteiger partial charge in [-0.3, -0.25) is 0 Å². The second-order valence-electron chi connectivity index (χ2n) is 4.84. The van der Waals surface area contributed by atoms with Gasteiger partial charge in [0, 0.05) is 20.2 Å². The molecule has 1 aromatic heterocycles. The molecule has 0 amide bonds. The first-order valence-corrected chi connectivity index (χ1v) is 6.91. The predicted octanol–water partition coefficient (Wildman–Crippen LogP) is 2.49. The molecule has 0 spiro atoms. The third-order valence-electron chi connectivity index (χ3n) is 3.20. The van der Waals surface area contributed by atoms with E-state index in [9.17, 15) is 0 Å². The van der Waals surface area contributed by atoms with Gasteiger partial charge in [0.15, 0.2) is 0 Å². The van der Waals surface area contributed by atoms with E-state index >= 15 is 0 Å². The molecular weight excluding hydrogens is 238 g/mol. The minimum Gasteiger partial charge on any atom is -0.383 e. The molecule has 0 fully saturated rings. The van der Waals surface area contributed by atoms with E-state index < -0.39 is 0 Å². The molecule has 0 unspecified atom stereocenters. The van der Waals surface area contributed by atoms with E-state index in [0.717, 1.165) is 44.0 Å². The van der Waals surface area contributed by atoms with Crippen molar-refractivity contribution in [2.45, 2.75) is 33.4 Å². The monoisotopic (exact) mass is 261 g/mol. The van der Waals surface area contributed by atoms with Crippen molar-refractivity contribution < 1.29 is 4.74 Å². The van der Waals surface area contributed by atoms with Crippen molar-refractivity contribution in [3.05, 3.63) is 29.6 Å². The van der Waals surface area contributed by atoms with Gasteiger partial charge in [-0.25, -0.2) is 4.98 Å². The number of fused-ring (bicyclic) bond motifs is 1. The molecule has 2 aromatic rings. The summed E-state index contributed by atoms with van der Waals surface area (Å²) in [5, 5.41) is 3.37. The Labute approximate surface area is 114 Å². The molecule has 4 nitrogen and oxygen atoms in total. The summed E-state index contributed by atoms with van der Waals surface area (Å²) >= 11 is 0. The normalized spacial score (nSPS) is 11.3. The first-order chi connectivity index (χ1) is 9.26. The largest absolute Gasteiger partial charge is 0.383 e. The van der Waals surface area contributed by atoms with Crippen molar-refractivity contribution in [2.24, 2.45) is 0 Å². The number of imidazole rings is 1. The second kappa shape index (κ2) is 6.68. The van der Waals surface area contributed by atoms with Gasteiger partial charge in [-0.05, 0) is 31.0 Å². The van der Waals surface area contributed by atoms with Gasteiger partial charge in [-0.2, -0.15) is 0 Å². The van der Waals surface area contributed by atoms with E-state index in [2.05, 4.69) is 41.9 Å². The number of rotatable bonds is 7. The van der Waals surface area contributed by atoms with Gasteiger partial charge < -0.3 is 14.6 Å². The van der Waals surface area contributed by atoms with Crippen LogP contribution in [0.4, 0.5) is 0 Å². The summed E-state index contributed by atoms with van der Waals surface area (Å²) in [6.07, 6.45) is 1.12. The van der Waals surface area contributed by atoms with Crippen LogP contribution < -0.4 is 5.32 Å². The first-order valence-electron chi connectivity index (χ1n) is 6.91. The lowest BCUT2D eigenvalue weighted by Gasteiger charge is -2.08. The highest BCUT2D eigenvalue weighted by Gasteiger charge is 2.09. The molecule has 0 saturated carbocycles. The van der Waals surface area contributed by atoms with E-state index in [-0.39, 0.29) is 0 Å². The van der Waals surface area contributed by atoms with Crippen LogP contribution in [0.2, 0.25) is 0 Å². The van der Waals surface area contributed by atoms with Crippen LogP contribution in [0, 0.1) is 6.92 Å². The summed E-state index contributed by atoms with van der Waals surface area (Å²) in [6, 6.07) is 6.48. The number of hydrogen-bond donors (Lipinski definition) is 1. The topological polar surface area (TPSA) is 39.1 Å². The van der Waals surface area contributed by atoms with Gasteiger partial charge in [-0.15, -0.1) is 0 Å². The highest BCUT2D eigenvalue weighted by atomic mass is 16.5. The number of nitrogens with zero attached hydrogens (tertiary/aromatic N) is 2. The number of aromatic nitrogens is 2. The van der Waals surface area contributed by atoms with Crippen LogP contribution in [0.15, 0.2) is 18.2 Å². The van der Waals surface area contributed by atoms with E-state index in [1.54, 1.807) is 7.11 Å². The Balaban J connectivity index is 2.22. The maximum absolute atomic E-state index is 5.04. The van der Waals surface area contributed by atoms with Crippen LogP contribution in [0.3, 0.4) is 0 Å². The van der Waals surface area contributed by atoms with Crippen molar-refractivity contribution in [3.63, 3.8) is 0 Å². The van der Waals surface area contributed by atoms with Crippen LogP contribution in [0.1, 0.15) is 24.7 Å². The summed E-state index contributed by atoms with van der Waals surface area (Å²) in [5.41, 5.74) is 3.58. The summed E-state index contributed by atoms with van der Waals surface area (Å²) in [4.78, 5) is 4.75. The number of nitrogens with one attached hydrogen (secondary N) is 1. The Hall–Kier alpha value is -1.39.